The predicted molar refractivity (Wildman–Crippen MR) is 79.2 cm³/mol. The number of aliphatic imine (C=N–C) groups is 1. The lowest BCUT2D eigenvalue weighted by Crippen LogP contribution is -2.22. The number of hydrogen-bond donors (Lipinski definition) is 1. The molecular formula is C15H20F2N2O. The molecule has 110 valence electrons. The van der Waals surface area contributed by atoms with Crippen LogP contribution in [-0.4, -0.2) is 31.8 Å². The Kier molecular flexibility index (Phi) is 6.15. The van der Waals surface area contributed by atoms with E-state index in [1.807, 2.05) is 19.1 Å². The molecule has 0 aliphatic rings. The number of anilines is 1. The van der Waals surface area contributed by atoms with Gasteiger partial charge in [0.1, 0.15) is 12.4 Å². The Morgan fingerprint density at radius 1 is 1.35 bits per heavy atom. The highest BCUT2D eigenvalue weighted by atomic mass is 19.3. The van der Waals surface area contributed by atoms with Gasteiger partial charge < -0.3 is 10.1 Å². The van der Waals surface area contributed by atoms with Crippen LogP contribution in [-0.2, 0) is 0 Å². The summed E-state index contributed by atoms with van der Waals surface area (Å²) >= 11 is 0. The second-order valence-electron chi connectivity index (χ2n) is 4.45. The lowest BCUT2D eigenvalue weighted by molar-refractivity contribution is 0.0368. The highest BCUT2D eigenvalue weighted by molar-refractivity contribution is 5.96. The molecule has 3 nitrogen and oxygen atoms in total. The molecule has 0 saturated heterocycles. The first-order chi connectivity index (χ1) is 9.44. The third-order valence-corrected chi connectivity index (χ3v) is 2.49. The van der Waals surface area contributed by atoms with Crippen LogP contribution in [0.4, 0.5) is 14.5 Å². The maximum absolute atomic E-state index is 12.7. The van der Waals surface area contributed by atoms with E-state index in [9.17, 15) is 8.78 Å². The Labute approximate surface area is 118 Å². The average Bonchev–Trinajstić information content (AvgIpc) is 2.41. The SMILES string of the molecule is C/C=C\C(COc1ccc(NCC(C)(F)F)cc1)=NC. The highest BCUT2D eigenvalue weighted by Gasteiger charge is 2.20. The molecule has 5 heteroatoms. The van der Waals surface area contributed by atoms with E-state index >= 15 is 0 Å². The summed E-state index contributed by atoms with van der Waals surface area (Å²) < 4.78 is 31.0. The average molecular weight is 282 g/mol. The Hall–Kier alpha value is -1.91. The Morgan fingerprint density at radius 2 is 2.00 bits per heavy atom. The predicted octanol–water partition coefficient (Wildman–Crippen LogP) is 3.78. The number of ether oxygens (including phenoxy) is 1. The first-order valence-corrected chi connectivity index (χ1v) is 6.37. The van der Waals surface area contributed by atoms with E-state index in [4.69, 9.17) is 4.74 Å². The fourth-order valence-electron chi connectivity index (χ4n) is 1.46. The molecule has 0 saturated carbocycles. The third-order valence-electron chi connectivity index (χ3n) is 2.49. The van der Waals surface area contributed by atoms with Crippen LogP contribution in [0.1, 0.15) is 13.8 Å². The monoisotopic (exact) mass is 282 g/mol. The normalized spacial score (nSPS) is 12.8. The fourth-order valence-corrected chi connectivity index (χ4v) is 1.46. The Balaban J connectivity index is 2.50. The zero-order valence-corrected chi connectivity index (χ0v) is 12.0. The van der Waals surface area contributed by atoms with E-state index < -0.39 is 5.92 Å². The largest absolute Gasteiger partial charge is 0.487 e. The molecular weight excluding hydrogens is 262 g/mol. The van der Waals surface area contributed by atoms with E-state index in [0.29, 0.717) is 18.0 Å². The molecule has 0 spiro atoms. The van der Waals surface area contributed by atoms with Gasteiger partial charge in [0.2, 0.25) is 0 Å². The van der Waals surface area contributed by atoms with Gasteiger partial charge in [0.15, 0.2) is 0 Å². The molecule has 1 rings (SSSR count). The summed E-state index contributed by atoms with van der Waals surface area (Å²) in [5, 5.41) is 2.67. The number of rotatable bonds is 7. The highest BCUT2D eigenvalue weighted by Crippen LogP contribution is 2.18. The van der Waals surface area contributed by atoms with Crippen molar-refractivity contribution < 1.29 is 13.5 Å². The molecule has 0 radical (unpaired) electrons. The summed E-state index contributed by atoms with van der Waals surface area (Å²) in [7, 11) is 1.70. The van der Waals surface area contributed by atoms with Crippen molar-refractivity contribution in [2.75, 3.05) is 25.5 Å². The number of alkyl halides is 2. The number of hydrogen-bond acceptors (Lipinski definition) is 3. The summed E-state index contributed by atoms with van der Waals surface area (Å²) in [6, 6.07) is 6.89. The van der Waals surface area contributed by atoms with E-state index in [1.165, 1.54) is 0 Å². The number of nitrogens with zero attached hydrogens (tertiary/aromatic N) is 1. The van der Waals surface area contributed by atoms with Crippen LogP contribution in [0.15, 0.2) is 41.4 Å². The first-order valence-electron chi connectivity index (χ1n) is 6.37. The van der Waals surface area contributed by atoms with E-state index in [1.54, 1.807) is 31.3 Å². The molecule has 0 aliphatic heterocycles. The lowest BCUT2D eigenvalue weighted by Gasteiger charge is -2.13. The second-order valence-corrected chi connectivity index (χ2v) is 4.45. The first kappa shape index (κ1) is 16.1. The molecule has 0 heterocycles. The van der Waals surface area contributed by atoms with Gasteiger partial charge >= 0.3 is 0 Å². The van der Waals surface area contributed by atoms with Gasteiger partial charge in [-0.3, -0.25) is 4.99 Å². The van der Waals surface area contributed by atoms with Crippen LogP contribution in [0.2, 0.25) is 0 Å². The molecule has 0 aromatic heterocycles. The van der Waals surface area contributed by atoms with Gasteiger partial charge in [-0.15, -0.1) is 0 Å². The minimum Gasteiger partial charge on any atom is -0.487 e. The zero-order valence-electron chi connectivity index (χ0n) is 12.0. The van der Waals surface area contributed by atoms with Gasteiger partial charge in [0.05, 0.1) is 12.3 Å². The molecule has 0 fully saturated rings. The fraction of sp³-hybridized carbons (Fsp3) is 0.400. The summed E-state index contributed by atoms with van der Waals surface area (Å²) in [5.41, 5.74) is 1.47. The second kappa shape index (κ2) is 7.62. The van der Waals surface area contributed by atoms with Crippen LogP contribution in [0.3, 0.4) is 0 Å². The van der Waals surface area contributed by atoms with Crippen LogP contribution >= 0.6 is 0 Å². The molecule has 0 bridgehead atoms. The smallest absolute Gasteiger partial charge is 0.262 e. The number of allylic oxidation sites excluding steroid dienone is 1. The van der Waals surface area contributed by atoms with Crippen molar-refractivity contribution in [1.82, 2.24) is 0 Å². The van der Waals surface area contributed by atoms with Crippen molar-refractivity contribution in [1.29, 1.82) is 0 Å². The molecule has 0 amide bonds. The van der Waals surface area contributed by atoms with E-state index in [0.717, 1.165) is 12.6 Å². The minimum absolute atomic E-state index is 0.376. The van der Waals surface area contributed by atoms with E-state index in [2.05, 4.69) is 10.3 Å². The molecule has 0 atom stereocenters. The van der Waals surface area contributed by atoms with E-state index in [-0.39, 0.29) is 6.54 Å². The zero-order chi connectivity index (χ0) is 15.0. The van der Waals surface area contributed by atoms with Gasteiger partial charge in [-0.1, -0.05) is 6.08 Å². The molecule has 1 aromatic carbocycles. The minimum atomic E-state index is -2.73. The van der Waals surface area contributed by atoms with Crippen molar-refractivity contribution in [3.05, 3.63) is 36.4 Å². The van der Waals surface area contributed by atoms with Crippen molar-refractivity contribution in [2.24, 2.45) is 4.99 Å². The van der Waals surface area contributed by atoms with Crippen molar-refractivity contribution in [3.63, 3.8) is 0 Å². The van der Waals surface area contributed by atoms with Gasteiger partial charge in [-0.25, -0.2) is 8.78 Å². The summed E-state index contributed by atoms with van der Waals surface area (Å²) in [5.74, 6) is -2.06. The molecule has 1 N–H and O–H groups in total. The van der Waals surface area contributed by atoms with Crippen LogP contribution in [0.25, 0.3) is 0 Å². The number of benzene rings is 1. The molecule has 1 aromatic rings. The van der Waals surface area contributed by atoms with Gasteiger partial charge in [0.25, 0.3) is 5.92 Å². The van der Waals surface area contributed by atoms with Crippen molar-refractivity contribution in [3.8, 4) is 5.75 Å². The van der Waals surface area contributed by atoms with Crippen LogP contribution in [0.5, 0.6) is 5.75 Å². The van der Waals surface area contributed by atoms with Crippen LogP contribution < -0.4 is 10.1 Å². The standard InChI is InChI=1S/C15H20F2N2O/c1-4-5-13(18-3)10-20-14-8-6-12(7-9-14)19-11-15(2,16)17/h4-9,19H,10-11H2,1-3H3/b5-4-,18-13?. The van der Waals surface area contributed by atoms with Crippen LogP contribution in [0, 0.1) is 0 Å². The van der Waals surface area contributed by atoms with Crippen molar-refractivity contribution in [2.45, 2.75) is 19.8 Å². The third kappa shape index (κ3) is 6.31. The number of halogens is 2. The van der Waals surface area contributed by atoms with Gasteiger partial charge in [-0.05, 0) is 37.3 Å². The van der Waals surface area contributed by atoms with Gasteiger partial charge in [-0.2, -0.15) is 0 Å². The Morgan fingerprint density at radius 3 is 2.50 bits per heavy atom. The quantitative estimate of drug-likeness (QED) is 0.772. The lowest BCUT2D eigenvalue weighted by atomic mass is 10.3. The molecule has 20 heavy (non-hydrogen) atoms. The summed E-state index contributed by atoms with van der Waals surface area (Å²) in [4.78, 5) is 4.08. The van der Waals surface area contributed by atoms with Crippen molar-refractivity contribution >= 4 is 11.4 Å². The van der Waals surface area contributed by atoms with Gasteiger partial charge in [0, 0.05) is 19.7 Å². The summed E-state index contributed by atoms with van der Waals surface area (Å²) in [6.45, 7) is 2.78. The maximum atomic E-state index is 12.7. The maximum Gasteiger partial charge on any atom is 0.262 e. The molecule has 0 unspecified atom stereocenters. The summed E-state index contributed by atoms with van der Waals surface area (Å²) in [6.07, 6.45) is 3.77. The topological polar surface area (TPSA) is 33.6 Å². The number of nitrogens with one attached hydrogen (secondary N) is 1. The Bertz CT molecular complexity index is 462. The molecule has 0 aliphatic carbocycles.